The van der Waals surface area contributed by atoms with E-state index in [0.717, 1.165) is 13.1 Å². The van der Waals surface area contributed by atoms with Gasteiger partial charge in [0.1, 0.15) is 22.7 Å². The number of carbonyl (C=O) groups is 1. The molecular formula is C22H23FN4O3S. The summed E-state index contributed by atoms with van der Waals surface area (Å²) >= 11 is 1.22. The summed E-state index contributed by atoms with van der Waals surface area (Å²) in [7, 11) is 0. The molecule has 3 heterocycles. The highest BCUT2D eigenvalue weighted by atomic mass is 32.1. The largest absolute Gasteiger partial charge is 0.385 e. The van der Waals surface area contributed by atoms with Gasteiger partial charge >= 0.3 is 0 Å². The van der Waals surface area contributed by atoms with Crippen molar-refractivity contribution in [2.45, 2.75) is 6.10 Å². The second-order valence-electron chi connectivity index (χ2n) is 7.20. The minimum absolute atomic E-state index is 0.254. The third-order valence-electron chi connectivity index (χ3n) is 5.03. The number of β-amino-alcohol motifs (C(OH)–C–C–N with tert-alkyl or cyclic N) is 1. The van der Waals surface area contributed by atoms with Gasteiger partial charge in [-0.15, -0.1) is 11.3 Å². The fourth-order valence-electron chi connectivity index (χ4n) is 3.41. The van der Waals surface area contributed by atoms with Gasteiger partial charge in [0.2, 0.25) is 0 Å². The Kier molecular flexibility index (Phi) is 6.57. The highest BCUT2D eigenvalue weighted by Gasteiger charge is 2.19. The van der Waals surface area contributed by atoms with Crippen molar-refractivity contribution in [2.24, 2.45) is 5.73 Å². The second kappa shape index (κ2) is 9.52. The standard InChI is InChI=1S/C22H23FN4O3S/c23-16-5-2-1-4-14(16)19-12-15(21(24)29)22(31-19)26-20-7-3-6-17(25-20)18(28)13-27-8-10-30-11-9-27/h1-7,12,18,28H,8-11,13H2,(H2,24,29)(H,25,26). The maximum atomic E-state index is 14.2. The van der Waals surface area contributed by atoms with Crippen molar-refractivity contribution >= 4 is 28.1 Å². The number of halogens is 1. The summed E-state index contributed by atoms with van der Waals surface area (Å²) in [5.41, 5.74) is 6.70. The number of hydrogen-bond donors (Lipinski definition) is 3. The smallest absolute Gasteiger partial charge is 0.251 e. The lowest BCUT2D eigenvalue weighted by atomic mass is 10.1. The Morgan fingerprint density at radius 2 is 2.03 bits per heavy atom. The van der Waals surface area contributed by atoms with E-state index in [0.29, 0.717) is 46.7 Å². The van der Waals surface area contributed by atoms with Crippen LogP contribution in [0.3, 0.4) is 0 Å². The van der Waals surface area contributed by atoms with Crippen molar-refractivity contribution in [1.82, 2.24) is 9.88 Å². The van der Waals surface area contributed by atoms with Gasteiger partial charge in [-0.2, -0.15) is 0 Å². The third-order valence-corrected chi connectivity index (χ3v) is 6.11. The molecule has 2 aromatic heterocycles. The van der Waals surface area contributed by atoms with Crippen LogP contribution >= 0.6 is 11.3 Å². The number of aliphatic hydroxyl groups is 1. The maximum absolute atomic E-state index is 14.2. The number of aliphatic hydroxyl groups excluding tert-OH is 1. The lowest BCUT2D eigenvalue weighted by Crippen LogP contribution is -2.38. The Hall–Kier alpha value is -2.85. The van der Waals surface area contributed by atoms with Crippen molar-refractivity contribution in [3.63, 3.8) is 0 Å². The quantitative estimate of drug-likeness (QED) is 0.520. The van der Waals surface area contributed by atoms with Gasteiger partial charge in [-0.3, -0.25) is 9.69 Å². The molecule has 0 aliphatic carbocycles. The number of nitrogens with zero attached hydrogens (tertiary/aromatic N) is 2. The number of rotatable bonds is 7. The molecule has 3 aromatic rings. The first kappa shape index (κ1) is 21.4. The molecule has 1 fully saturated rings. The monoisotopic (exact) mass is 442 g/mol. The van der Waals surface area contributed by atoms with Gasteiger partial charge < -0.3 is 20.9 Å². The van der Waals surface area contributed by atoms with Crippen LogP contribution < -0.4 is 11.1 Å². The summed E-state index contributed by atoms with van der Waals surface area (Å²) in [6, 6.07) is 13.2. The minimum atomic E-state index is -0.757. The molecule has 1 atom stereocenters. The van der Waals surface area contributed by atoms with Gasteiger partial charge in [0.05, 0.1) is 24.5 Å². The molecule has 0 saturated carbocycles. The normalized spacial score (nSPS) is 15.5. The van der Waals surface area contributed by atoms with Crippen molar-refractivity contribution in [2.75, 3.05) is 38.2 Å². The molecule has 0 radical (unpaired) electrons. The molecule has 31 heavy (non-hydrogen) atoms. The molecule has 1 amide bonds. The summed E-state index contributed by atoms with van der Waals surface area (Å²) in [6.07, 6.45) is -0.757. The van der Waals surface area contributed by atoms with E-state index in [-0.39, 0.29) is 11.4 Å². The predicted molar refractivity (Wildman–Crippen MR) is 118 cm³/mol. The maximum Gasteiger partial charge on any atom is 0.251 e. The summed E-state index contributed by atoms with van der Waals surface area (Å²) in [4.78, 5) is 19.2. The van der Waals surface area contributed by atoms with Crippen molar-refractivity contribution in [3.05, 3.63) is 65.6 Å². The summed E-state index contributed by atoms with van der Waals surface area (Å²) in [5, 5.41) is 14.2. The number of ether oxygens (including phenoxy) is 1. The van der Waals surface area contributed by atoms with Crippen LogP contribution in [0.4, 0.5) is 15.2 Å². The zero-order valence-electron chi connectivity index (χ0n) is 16.8. The zero-order valence-corrected chi connectivity index (χ0v) is 17.6. The van der Waals surface area contributed by atoms with E-state index >= 15 is 0 Å². The topological polar surface area (TPSA) is 101 Å². The van der Waals surface area contributed by atoms with E-state index in [1.165, 1.54) is 17.4 Å². The number of amides is 1. The van der Waals surface area contributed by atoms with Crippen molar-refractivity contribution in [3.8, 4) is 10.4 Å². The van der Waals surface area contributed by atoms with Crippen LogP contribution in [-0.2, 0) is 4.74 Å². The average Bonchev–Trinajstić information content (AvgIpc) is 3.19. The predicted octanol–water partition coefficient (Wildman–Crippen LogP) is 3.16. The van der Waals surface area contributed by atoms with Crippen LogP contribution in [0.1, 0.15) is 22.2 Å². The van der Waals surface area contributed by atoms with Crippen LogP contribution in [0.15, 0.2) is 48.5 Å². The molecule has 4 rings (SSSR count). The number of morpholine rings is 1. The molecule has 1 unspecified atom stereocenters. The molecule has 0 bridgehead atoms. The number of primary amides is 1. The number of thiophene rings is 1. The van der Waals surface area contributed by atoms with Crippen LogP contribution in [0, 0.1) is 5.82 Å². The highest BCUT2D eigenvalue weighted by Crippen LogP contribution is 2.37. The first-order valence-corrected chi connectivity index (χ1v) is 10.7. The van der Waals surface area contributed by atoms with Crippen LogP contribution in [0.2, 0.25) is 0 Å². The first-order chi connectivity index (χ1) is 15.0. The molecule has 4 N–H and O–H groups in total. The van der Waals surface area contributed by atoms with Crippen molar-refractivity contribution in [1.29, 1.82) is 0 Å². The molecule has 9 heteroatoms. The third kappa shape index (κ3) is 5.08. The van der Waals surface area contributed by atoms with E-state index in [9.17, 15) is 14.3 Å². The van der Waals surface area contributed by atoms with Crippen LogP contribution in [0.25, 0.3) is 10.4 Å². The lowest BCUT2D eigenvalue weighted by Gasteiger charge is -2.28. The first-order valence-electron chi connectivity index (χ1n) is 9.92. The Bertz CT molecular complexity index is 1070. The molecule has 0 spiro atoms. The van der Waals surface area contributed by atoms with Gasteiger partial charge in [-0.05, 0) is 24.3 Å². The number of hydrogen-bond acceptors (Lipinski definition) is 7. The highest BCUT2D eigenvalue weighted by molar-refractivity contribution is 7.19. The Balaban J connectivity index is 1.55. The number of nitrogens with two attached hydrogens (primary N) is 1. The van der Waals surface area contributed by atoms with E-state index in [4.69, 9.17) is 10.5 Å². The Morgan fingerprint density at radius 1 is 1.26 bits per heavy atom. The fraction of sp³-hybridized carbons (Fsp3) is 0.273. The van der Waals surface area contributed by atoms with E-state index in [2.05, 4.69) is 15.2 Å². The van der Waals surface area contributed by atoms with Crippen LogP contribution in [-0.4, -0.2) is 53.7 Å². The lowest BCUT2D eigenvalue weighted by molar-refractivity contribution is 0.0136. The van der Waals surface area contributed by atoms with E-state index < -0.39 is 12.0 Å². The fourth-order valence-corrected chi connectivity index (χ4v) is 4.50. The number of anilines is 2. The van der Waals surface area contributed by atoms with Gasteiger partial charge in [0, 0.05) is 30.1 Å². The summed E-state index contributed by atoms with van der Waals surface area (Å²) < 4.78 is 19.5. The number of benzene rings is 1. The summed E-state index contributed by atoms with van der Waals surface area (Å²) in [6.45, 7) is 3.31. The van der Waals surface area contributed by atoms with Gasteiger partial charge in [0.25, 0.3) is 5.91 Å². The van der Waals surface area contributed by atoms with Crippen LogP contribution in [0.5, 0.6) is 0 Å². The number of carbonyl (C=O) groups excluding carboxylic acids is 1. The summed E-state index contributed by atoms with van der Waals surface area (Å²) in [5.74, 6) is -0.537. The van der Waals surface area contributed by atoms with Gasteiger partial charge in [-0.25, -0.2) is 9.37 Å². The van der Waals surface area contributed by atoms with E-state index in [1.807, 2.05) is 0 Å². The molecular weight excluding hydrogens is 419 g/mol. The molecule has 1 aliphatic rings. The average molecular weight is 443 g/mol. The molecule has 1 aromatic carbocycles. The molecule has 1 saturated heterocycles. The second-order valence-corrected chi connectivity index (χ2v) is 8.25. The Labute approximate surface area is 183 Å². The number of aromatic nitrogens is 1. The number of nitrogens with one attached hydrogen (secondary N) is 1. The van der Waals surface area contributed by atoms with Gasteiger partial charge in [0.15, 0.2) is 0 Å². The minimum Gasteiger partial charge on any atom is -0.385 e. The van der Waals surface area contributed by atoms with Gasteiger partial charge in [-0.1, -0.05) is 24.3 Å². The molecule has 1 aliphatic heterocycles. The zero-order chi connectivity index (χ0) is 21.8. The SMILES string of the molecule is NC(=O)c1cc(-c2ccccc2F)sc1Nc1cccc(C(O)CN2CCOCC2)n1. The van der Waals surface area contributed by atoms with Crippen molar-refractivity contribution < 1.29 is 19.0 Å². The molecule has 7 nitrogen and oxygen atoms in total. The number of pyridine rings is 1. The van der Waals surface area contributed by atoms with E-state index in [1.54, 1.807) is 42.5 Å². The Morgan fingerprint density at radius 3 is 2.77 bits per heavy atom. The molecule has 162 valence electrons.